The fourth-order valence-electron chi connectivity index (χ4n) is 2.44. The molecular formula is C12H21NO4. The highest BCUT2D eigenvalue weighted by atomic mass is 16.8. The molecule has 3 saturated heterocycles. The first kappa shape index (κ1) is 11.9. The Kier molecular flexibility index (Phi) is 3.13. The maximum atomic E-state index is 5.83. The van der Waals surface area contributed by atoms with Crippen LogP contribution < -0.4 is 0 Å². The molecule has 0 unspecified atom stereocenters. The molecule has 98 valence electrons. The number of fused-ring (bicyclic) bond motifs is 1. The molecule has 0 N–H and O–H groups in total. The Morgan fingerprint density at radius 2 is 2.12 bits per heavy atom. The van der Waals surface area contributed by atoms with Crippen molar-refractivity contribution >= 4 is 0 Å². The second kappa shape index (κ2) is 4.48. The first-order valence-electron chi connectivity index (χ1n) is 6.51. The number of nitrogens with zero attached hydrogens (tertiary/aromatic N) is 1. The summed E-state index contributed by atoms with van der Waals surface area (Å²) in [6.45, 7) is 6.83. The van der Waals surface area contributed by atoms with Gasteiger partial charge in [-0.2, -0.15) is 5.06 Å². The Morgan fingerprint density at radius 1 is 1.29 bits per heavy atom. The van der Waals surface area contributed by atoms with E-state index in [0.29, 0.717) is 0 Å². The number of hydrogen-bond donors (Lipinski definition) is 0. The SMILES string of the molecule is CC1(C)O[C@H]2O[C@@H](CCCON3CC3)C[C@H]2O1. The van der Waals surface area contributed by atoms with Gasteiger partial charge in [-0.05, 0) is 26.7 Å². The van der Waals surface area contributed by atoms with Crippen molar-refractivity contribution in [2.45, 2.75) is 57.4 Å². The normalized spacial score (nSPS) is 39.5. The number of ether oxygens (including phenoxy) is 3. The van der Waals surface area contributed by atoms with E-state index in [1.165, 1.54) is 0 Å². The minimum Gasteiger partial charge on any atom is -0.346 e. The molecule has 17 heavy (non-hydrogen) atoms. The van der Waals surface area contributed by atoms with Crippen LogP contribution in [0.2, 0.25) is 0 Å². The number of hydrogen-bond acceptors (Lipinski definition) is 5. The zero-order chi connectivity index (χ0) is 11.9. The summed E-state index contributed by atoms with van der Waals surface area (Å²) in [5, 5.41) is 1.97. The second-order valence-electron chi connectivity index (χ2n) is 5.44. The largest absolute Gasteiger partial charge is 0.346 e. The highest BCUT2D eigenvalue weighted by molar-refractivity contribution is 4.85. The van der Waals surface area contributed by atoms with Crippen molar-refractivity contribution in [2.75, 3.05) is 19.7 Å². The summed E-state index contributed by atoms with van der Waals surface area (Å²) in [6.07, 6.45) is 3.21. The predicted molar refractivity (Wildman–Crippen MR) is 60.1 cm³/mol. The van der Waals surface area contributed by atoms with Crippen LogP contribution in [0, 0.1) is 0 Å². The van der Waals surface area contributed by atoms with Crippen molar-refractivity contribution in [2.24, 2.45) is 0 Å². The second-order valence-corrected chi connectivity index (χ2v) is 5.44. The van der Waals surface area contributed by atoms with E-state index in [1.54, 1.807) is 0 Å². The minimum absolute atomic E-state index is 0.114. The molecule has 0 aromatic carbocycles. The lowest BCUT2D eigenvalue weighted by atomic mass is 10.1. The Morgan fingerprint density at radius 3 is 2.82 bits per heavy atom. The van der Waals surface area contributed by atoms with Gasteiger partial charge in [0.15, 0.2) is 12.1 Å². The topological polar surface area (TPSA) is 39.9 Å². The molecule has 3 fully saturated rings. The molecule has 5 heteroatoms. The third-order valence-corrected chi connectivity index (χ3v) is 3.31. The van der Waals surface area contributed by atoms with Crippen molar-refractivity contribution in [3.05, 3.63) is 0 Å². The number of rotatable bonds is 5. The van der Waals surface area contributed by atoms with Crippen molar-refractivity contribution in [3.8, 4) is 0 Å². The van der Waals surface area contributed by atoms with Gasteiger partial charge in [-0.15, -0.1) is 0 Å². The van der Waals surface area contributed by atoms with Crippen LogP contribution in [0.1, 0.15) is 33.1 Å². The molecule has 3 aliphatic rings. The molecular weight excluding hydrogens is 222 g/mol. The van der Waals surface area contributed by atoms with Gasteiger partial charge in [0.25, 0.3) is 0 Å². The van der Waals surface area contributed by atoms with E-state index in [1.807, 2.05) is 18.9 Å². The lowest BCUT2D eigenvalue weighted by Gasteiger charge is -2.20. The standard InChI is InChI=1S/C12H21NO4/c1-12(2)16-10-8-9(15-11(10)17-12)4-3-7-14-13-5-6-13/h9-11H,3-8H2,1-2H3/t9-,10+,11+/m0/s1. The number of hydroxylamine groups is 2. The first-order chi connectivity index (χ1) is 8.12. The zero-order valence-corrected chi connectivity index (χ0v) is 10.6. The van der Waals surface area contributed by atoms with Crippen molar-refractivity contribution < 1.29 is 19.0 Å². The van der Waals surface area contributed by atoms with E-state index in [-0.39, 0.29) is 18.5 Å². The molecule has 0 saturated carbocycles. The van der Waals surface area contributed by atoms with Crippen LogP contribution in [-0.2, 0) is 19.0 Å². The van der Waals surface area contributed by atoms with E-state index in [0.717, 1.165) is 39.0 Å². The quantitative estimate of drug-likeness (QED) is 0.537. The summed E-state index contributed by atoms with van der Waals surface area (Å²) in [5.74, 6) is -0.483. The lowest BCUT2D eigenvalue weighted by Crippen LogP contribution is -2.24. The van der Waals surface area contributed by atoms with Crippen LogP contribution in [0.25, 0.3) is 0 Å². The summed E-state index contributed by atoms with van der Waals surface area (Å²) in [5.41, 5.74) is 0. The summed E-state index contributed by atoms with van der Waals surface area (Å²) >= 11 is 0. The highest BCUT2D eigenvalue weighted by Gasteiger charge is 2.48. The third-order valence-electron chi connectivity index (χ3n) is 3.31. The average molecular weight is 243 g/mol. The van der Waals surface area contributed by atoms with E-state index < -0.39 is 5.79 Å². The molecule has 0 radical (unpaired) electrons. The Balaban J connectivity index is 1.34. The van der Waals surface area contributed by atoms with Gasteiger partial charge in [0.1, 0.15) is 6.10 Å². The molecule has 3 heterocycles. The third kappa shape index (κ3) is 2.98. The van der Waals surface area contributed by atoms with Gasteiger partial charge >= 0.3 is 0 Å². The molecule has 5 nitrogen and oxygen atoms in total. The van der Waals surface area contributed by atoms with Crippen LogP contribution in [-0.4, -0.2) is 49.0 Å². The molecule has 0 spiro atoms. The van der Waals surface area contributed by atoms with E-state index in [4.69, 9.17) is 19.0 Å². The van der Waals surface area contributed by atoms with E-state index in [2.05, 4.69) is 0 Å². The highest BCUT2D eigenvalue weighted by Crippen LogP contribution is 2.38. The average Bonchev–Trinajstić information content (AvgIpc) is 2.92. The van der Waals surface area contributed by atoms with Gasteiger partial charge in [0, 0.05) is 19.5 Å². The minimum atomic E-state index is -0.483. The summed E-state index contributed by atoms with van der Waals surface area (Å²) < 4.78 is 17.3. The van der Waals surface area contributed by atoms with Gasteiger partial charge in [0.05, 0.1) is 12.7 Å². The molecule has 0 aromatic heterocycles. The summed E-state index contributed by atoms with van der Waals surface area (Å²) in [7, 11) is 0. The van der Waals surface area contributed by atoms with E-state index >= 15 is 0 Å². The molecule has 3 rings (SSSR count). The van der Waals surface area contributed by atoms with Crippen LogP contribution in [0.15, 0.2) is 0 Å². The van der Waals surface area contributed by atoms with Gasteiger partial charge < -0.3 is 14.2 Å². The predicted octanol–water partition coefficient (Wildman–Crippen LogP) is 1.28. The van der Waals surface area contributed by atoms with Crippen LogP contribution >= 0.6 is 0 Å². The van der Waals surface area contributed by atoms with Crippen molar-refractivity contribution in [1.29, 1.82) is 0 Å². The van der Waals surface area contributed by atoms with Crippen LogP contribution in [0.4, 0.5) is 0 Å². The van der Waals surface area contributed by atoms with Crippen LogP contribution in [0.5, 0.6) is 0 Å². The molecule has 0 bridgehead atoms. The molecule has 3 atom stereocenters. The Bertz CT molecular complexity index is 264. The van der Waals surface area contributed by atoms with Gasteiger partial charge in [0.2, 0.25) is 0 Å². The summed E-state index contributed by atoms with van der Waals surface area (Å²) in [6, 6.07) is 0. The van der Waals surface area contributed by atoms with Gasteiger partial charge in [-0.1, -0.05) is 0 Å². The molecule has 0 aliphatic carbocycles. The summed E-state index contributed by atoms with van der Waals surface area (Å²) in [4.78, 5) is 5.46. The zero-order valence-electron chi connectivity index (χ0n) is 10.6. The molecule has 0 amide bonds. The van der Waals surface area contributed by atoms with Crippen molar-refractivity contribution in [3.63, 3.8) is 0 Å². The Labute approximate surface area is 102 Å². The van der Waals surface area contributed by atoms with Gasteiger partial charge in [-0.3, -0.25) is 4.84 Å². The maximum Gasteiger partial charge on any atom is 0.187 e. The van der Waals surface area contributed by atoms with Gasteiger partial charge in [-0.25, -0.2) is 0 Å². The van der Waals surface area contributed by atoms with E-state index in [9.17, 15) is 0 Å². The van der Waals surface area contributed by atoms with Crippen LogP contribution in [0.3, 0.4) is 0 Å². The Hall–Kier alpha value is -0.200. The lowest BCUT2D eigenvalue weighted by molar-refractivity contribution is -0.205. The van der Waals surface area contributed by atoms with Crippen molar-refractivity contribution in [1.82, 2.24) is 5.06 Å². The molecule has 3 aliphatic heterocycles. The first-order valence-corrected chi connectivity index (χ1v) is 6.51. The fraction of sp³-hybridized carbons (Fsp3) is 1.00. The smallest absolute Gasteiger partial charge is 0.187 e. The molecule has 0 aromatic rings. The monoisotopic (exact) mass is 243 g/mol. The maximum absolute atomic E-state index is 5.83. The fourth-order valence-corrected chi connectivity index (χ4v) is 2.44.